The highest BCUT2D eigenvalue weighted by Gasteiger charge is 2.24. The van der Waals surface area contributed by atoms with Crippen molar-refractivity contribution in [3.05, 3.63) is 70.8 Å². The monoisotopic (exact) mass is 301 g/mol. The van der Waals surface area contributed by atoms with E-state index in [1.54, 1.807) is 0 Å². The molecular weight excluding hydrogens is 282 g/mol. The molecular formula is C17H19NO2S. The maximum absolute atomic E-state index is 11.3. The molecule has 2 aromatic rings. The Hall–Kier alpha value is -1.65. The Balaban J connectivity index is 1.91. The molecule has 0 spiro atoms. The van der Waals surface area contributed by atoms with Gasteiger partial charge in [0, 0.05) is 12.8 Å². The number of sulfone groups is 1. The highest BCUT2D eigenvalue weighted by atomic mass is 32.2. The molecule has 0 bridgehead atoms. The highest BCUT2D eigenvalue weighted by molar-refractivity contribution is 7.90. The van der Waals surface area contributed by atoms with Crippen molar-refractivity contribution in [2.24, 2.45) is 0 Å². The summed E-state index contributed by atoms with van der Waals surface area (Å²) in [5.74, 6) is 0.161. The summed E-state index contributed by atoms with van der Waals surface area (Å²) < 4.78 is 22.6. The van der Waals surface area contributed by atoms with Crippen molar-refractivity contribution in [1.29, 1.82) is 0 Å². The van der Waals surface area contributed by atoms with Gasteiger partial charge in [-0.1, -0.05) is 48.5 Å². The van der Waals surface area contributed by atoms with Gasteiger partial charge in [-0.05, 0) is 28.7 Å². The second kappa shape index (κ2) is 5.62. The molecule has 21 heavy (non-hydrogen) atoms. The van der Waals surface area contributed by atoms with Gasteiger partial charge in [-0.25, -0.2) is 8.42 Å². The average molecular weight is 301 g/mol. The lowest BCUT2D eigenvalue weighted by Gasteiger charge is -2.29. The fraction of sp³-hybridized carbons (Fsp3) is 0.294. The van der Waals surface area contributed by atoms with E-state index in [4.69, 9.17) is 0 Å². The molecule has 1 aliphatic carbocycles. The zero-order valence-electron chi connectivity index (χ0n) is 12.0. The summed E-state index contributed by atoms with van der Waals surface area (Å²) >= 11 is 0. The third-order valence-electron chi connectivity index (χ3n) is 3.93. The minimum atomic E-state index is -2.94. The molecule has 0 saturated heterocycles. The van der Waals surface area contributed by atoms with Gasteiger partial charge in [-0.15, -0.1) is 0 Å². The van der Waals surface area contributed by atoms with Crippen LogP contribution in [0.2, 0.25) is 0 Å². The maximum atomic E-state index is 11.3. The van der Waals surface area contributed by atoms with E-state index >= 15 is 0 Å². The molecule has 4 heteroatoms. The van der Waals surface area contributed by atoms with E-state index < -0.39 is 9.84 Å². The van der Waals surface area contributed by atoms with Gasteiger partial charge < -0.3 is 5.32 Å². The summed E-state index contributed by atoms with van der Waals surface area (Å²) in [5, 5.41) is 3.41. The second-order valence-corrected chi connectivity index (χ2v) is 7.85. The van der Waals surface area contributed by atoms with Crippen LogP contribution in [0.25, 0.3) is 0 Å². The van der Waals surface area contributed by atoms with Gasteiger partial charge >= 0.3 is 0 Å². The summed E-state index contributed by atoms with van der Waals surface area (Å²) in [4.78, 5) is 0. The van der Waals surface area contributed by atoms with Crippen LogP contribution in [-0.2, 0) is 16.3 Å². The summed E-state index contributed by atoms with van der Waals surface area (Å²) in [6.07, 6.45) is 2.22. The van der Waals surface area contributed by atoms with Gasteiger partial charge in [0.15, 0.2) is 0 Å². The van der Waals surface area contributed by atoms with E-state index in [0.29, 0.717) is 6.54 Å². The summed E-state index contributed by atoms with van der Waals surface area (Å²) in [5.41, 5.74) is 5.13. The Morgan fingerprint density at radius 1 is 1.00 bits per heavy atom. The van der Waals surface area contributed by atoms with Crippen molar-refractivity contribution in [2.45, 2.75) is 12.5 Å². The molecule has 0 aromatic heterocycles. The molecule has 0 aliphatic heterocycles. The first-order chi connectivity index (χ1) is 10.0. The summed E-state index contributed by atoms with van der Waals surface area (Å²) in [7, 11) is -2.94. The first-order valence-corrected chi connectivity index (χ1v) is 9.17. The normalized spacial score (nSPS) is 14.5. The van der Waals surface area contributed by atoms with Crippen molar-refractivity contribution >= 4 is 9.84 Å². The molecule has 0 unspecified atom stereocenters. The minimum Gasteiger partial charge on any atom is -0.305 e. The highest BCUT2D eigenvalue weighted by Crippen LogP contribution is 2.34. The molecule has 0 amide bonds. The molecule has 2 aromatic carbocycles. The molecule has 0 fully saturated rings. The predicted molar refractivity (Wildman–Crippen MR) is 85.2 cm³/mol. The number of hydrogen-bond acceptors (Lipinski definition) is 3. The minimum absolute atomic E-state index is 0.0768. The molecule has 0 heterocycles. The van der Waals surface area contributed by atoms with Crippen LogP contribution in [0.3, 0.4) is 0 Å². The van der Waals surface area contributed by atoms with E-state index in [2.05, 4.69) is 41.7 Å². The van der Waals surface area contributed by atoms with Gasteiger partial charge in [0.25, 0.3) is 0 Å². The average Bonchev–Trinajstić information content (AvgIpc) is 2.45. The molecule has 3 rings (SSSR count). The van der Waals surface area contributed by atoms with E-state index in [1.165, 1.54) is 28.5 Å². The smallest absolute Gasteiger partial charge is 0.148 e. The number of hydrogen-bond donors (Lipinski definition) is 1. The van der Waals surface area contributed by atoms with E-state index in [9.17, 15) is 8.42 Å². The zero-order chi connectivity index (χ0) is 14.9. The number of benzene rings is 2. The van der Waals surface area contributed by atoms with E-state index in [-0.39, 0.29) is 11.8 Å². The van der Waals surface area contributed by atoms with Crippen LogP contribution in [-0.4, -0.2) is 27.0 Å². The van der Waals surface area contributed by atoms with Gasteiger partial charge in [0.2, 0.25) is 0 Å². The third kappa shape index (κ3) is 3.17. The topological polar surface area (TPSA) is 46.2 Å². The Bertz CT molecular complexity index is 707. The number of nitrogens with one attached hydrogen (secondary N) is 1. The van der Waals surface area contributed by atoms with Gasteiger partial charge in [0.05, 0.1) is 11.8 Å². The van der Waals surface area contributed by atoms with Crippen molar-refractivity contribution in [3.8, 4) is 0 Å². The van der Waals surface area contributed by atoms with Gasteiger partial charge in [-0.2, -0.15) is 0 Å². The fourth-order valence-electron chi connectivity index (χ4n) is 2.93. The number of fused-ring (bicyclic) bond motifs is 2. The third-order valence-corrected chi connectivity index (χ3v) is 4.88. The van der Waals surface area contributed by atoms with Crippen LogP contribution in [0, 0.1) is 0 Å². The Kier molecular flexibility index (Phi) is 3.83. The van der Waals surface area contributed by atoms with E-state index in [0.717, 1.165) is 6.42 Å². The van der Waals surface area contributed by atoms with Crippen molar-refractivity contribution in [2.75, 3.05) is 18.6 Å². The first-order valence-electron chi connectivity index (χ1n) is 7.11. The molecule has 1 aliphatic rings. The van der Waals surface area contributed by atoms with Gasteiger partial charge in [0.1, 0.15) is 9.84 Å². The standard InChI is InChI=1S/C17H19NO2S/c1-21(19,20)11-10-18-17-15-8-4-2-6-13(15)12-14-7-3-5-9-16(14)17/h2-9,17-18H,10-12H2,1H3. The molecule has 110 valence electrons. The van der Waals surface area contributed by atoms with Crippen molar-refractivity contribution in [1.82, 2.24) is 5.32 Å². The van der Waals surface area contributed by atoms with Gasteiger partial charge in [-0.3, -0.25) is 0 Å². The van der Waals surface area contributed by atoms with Crippen LogP contribution in [0.15, 0.2) is 48.5 Å². The molecule has 0 saturated carbocycles. The summed E-state index contributed by atoms with van der Waals surface area (Å²) in [6, 6.07) is 16.8. The van der Waals surface area contributed by atoms with Crippen LogP contribution in [0.5, 0.6) is 0 Å². The zero-order valence-corrected chi connectivity index (χ0v) is 12.9. The second-order valence-electron chi connectivity index (χ2n) is 5.59. The number of rotatable bonds is 4. The first kappa shape index (κ1) is 14.3. The lowest BCUT2D eigenvalue weighted by Crippen LogP contribution is -2.31. The van der Waals surface area contributed by atoms with Crippen LogP contribution >= 0.6 is 0 Å². The Morgan fingerprint density at radius 3 is 2.05 bits per heavy atom. The van der Waals surface area contributed by atoms with E-state index in [1.807, 2.05) is 12.1 Å². The Labute approximate surface area is 125 Å². The Morgan fingerprint density at radius 2 is 1.52 bits per heavy atom. The molecule has 3 nitrogen and oxygen atoms in total. The summed E-state index contributed by atoms with van der Waals surface area (Å²) in [6.45, 7) is 0.464. The molecule has 0 radical (unpaired) electrons. The fourth-order valence-corrected chi connectivity index (χ4v) is 3.42. The SMILES string of the molecule is CS(=O)(=O)CCNC1c2ccccc2Cc2ccccc21. The van der Waals surface area contributed by atoms with Crippen LogP contribution in [0.4, 0.5) is 0 Å². The van der Waals surface area contributed by atoms with Crippen molar-refractivity contribution < 1.29 is 8.42 Å². The van der Waals surface area contributed by atoms with Crippen LogP contribution < -0.4 is 5.32 Å². The largest absolute Gasteiger partial charge is 0.305 e. The quantitative estimate of drug-likeness (QED) is 0.942. The molecule has 1 N–H and O–H groups in total. The lowest BCUT2D eigenvalue weighted by molar-refractivity contribution is 0.582. The predicted octanol–water partition coefficient (Wildman–Crippen LogP) is 2.31. The van der Waals surface area contributed by atoms with Crippen LogP contribution in [0.1, 0.15) is 28.3 Å². The maximum Gasteiger partial charge on any atom is 0.148 e. The van der Waals surface area contributed by atoms with Crippen molar-refractivity contribution in [3.63, 3.8) is 0 Å². The molecule has 0 atom stereocenters. The lowest BCUT2D eigenvalue weighted by atomic mass is 9.82.